The molecule has 1 N–H and O–H groups in total. The van der Waals surface area contributed by atoms with Crippen LogP contribution in [0.1, 0.15) is 51.4 Å². The second kappa shape index (κ2) is 5.47. The minimum atomic E-state index is -2.41. The molecule has 2 rings (SSSR count). The summed E-state index contributed by atoms with van der Waals surface area (Å²) in [5.74, 6) is -2.00. The third kappa shape index (κ3) is 3.27. The molecule has 0 radical (unpaired) electrons. The molecule has 17 heavy (non-hydrogen) atoms. The first-order valence-electron chi connectivity index (χ1n) is 6.86. The molecule has 1 unspecified atom stereocenters. The zero-order chi connectivity index (χ0) is 12.3. The van der Waals surface area contributed by atoms with Crippen LogP contribution < -0.4 is 5.32 Å². The molecule has 1 nitrogen and oxygen atoms in total. The Morgan fingerprint density at radius 3 is 2.53 bits per heavy atom. The Bertz CT molecular complexity index is 276. The summed E-state index contributed by atoms with van der Waals surface area (Å²) in [6.07, 6.45) is 8.65. The van der Waals surface area contributed by atoms with Crippen LogP contribution in [0.5, 0.6) is 0 Å². The molecule has 0 bridgehead atoms. The van der Waals surface area contributed by atoms with E-state index >= 15 is 0 Å². The number of hydrogen-bond donors (Lipinski definition) is 1. The van der Waals surface area contributed by atoms with Crippen LogP contribution in [0, 0.1) is 5.92 Å². The second-order valence-corrected chi connectivity index (χ2v) is 5.48. The van der Waals surface area contributed by atoms with Crippen molar-refractivity contribution in [3.05, 3.63) is 11.6 Å². The predicted octanol–water partition coefficient (Wildman–Crippen LogP) is 3.90. The topological polar surface area (TPSA) is 12.0 Å². The minimum absolute atomic E-state index is 0.0725. The Morgan fingerprint density at radius 2 is 2.00 bits per heavy atom. The van der Waals surface area contributed by atoms with Gasteiger partial charge in [-0.15, -0.1) is 0 Å². The molecule has 0 saturated heterocycles. The van der Waals surface area contributed by atoms with Crippen LogP contribution in [-0.2, 0) is 0 Å². The summed E-state index contributed by atoms with van der Waals surface area (Å²) in [5.41, 5.74) is 1.47. The number of allylic oxidation sites excluding steroid dienone is 1. The molecule has 3 heteroatoms. The molecular weight excluding hydrogens is 220 g/mol. The third-order valence-corrected chi connectivity index (χ3v) is 4.27. The monoisotopic (exact) mass is 243 g/mol. The van der Waals surface area contributed by atoms with E-state index in [0.29, 0.717) is 24.8 Å². The summed E-state index contributed by atoms with van der Waals surface area (Å²) in [5, 5.41) is 3.36. The van der Waals surface area contributed by atoms with Crippen molar-refractivity contribution in [2.24, 2.45) is 5.92 Å². The summed E-state index contributed by atoms with van der Waals surface area (Å²) < 4.78 is 26.3. The van der Waals surface area contributed by atoms with Gasteiger partial charge in [0, 0.05) is 18.9 Å². The maximum absolute atomic E-state index is 13.2. The highest BCUT2D eigenvalue weighted by Crippen LogP contribution is 2.39. The maximum Gasteiger partial charge on any atom is 0.248 e. The Kier molecular flexibility index (Phi) is 4.18. The zero-order valence-electron chi connectivity index (χ0n) is 10.6. The smallest absolute Gasteiger partial charge is 0.248 e. The Balaban J connectivity index is 1.97. The van der Waals surface area contributed by atoms with Crippen molar-refractivity contribution in [2.75, 3.05) is 7.05 Å². The van der Waals surface area contributed by atoms with Crippen molar-refractivity contribution >= 4 is 0 Å². The number of rotatable bonds is 3. The van der Waals surface area contributed by atoms with E-state index in [1.165, 1.54) is 18.4 Å². The molecule has 0 spiro atoms. The van der Waals surface area contributed by atoms with Crippen LogP contribution in [0.15, 0.2) is 11.6 Å². The summed E-state index contributed by atoms with van der Waals surface area (Å²) in [6, 6.07) is 0.339. The largest absolute Gasteiger partial charge is 0.313 e. The molecular formula is C14H23F2N. The molecule has 1 fully saturated rings. The van der Waals surface area contributed by atoms with Gasteiger partial charge in [0.1, 0.15) is 0 Å². The summed E-state index contributed by atoms with van der Waals surface area (Å²) in [7, 11) is 1.97. The van der Waals surface area contributed by atoms with E-state index in [1.54, 1.807) is 0 Å². The van der Waals surface area contributed by atoms with Gasteiger partial charge in [0.2, 0.25) is 5.92 Å². The summed E-state index contributed by atoms with van der Waals surface area (Å²) >= 11 is 0. The molecule has 0 heterocycles. The molecule has 0 aromatic carbocycles. The van der Waals surface area contributed by atoms with Crippen LogP contribution in [0.2, 0.25) is 0 Å². The van der Waals surface area contributed by atoms with Crippen LogP contribution >= 0.6 is 0 Å². The normalized spacial score (nSPS) is 27.6. The fraction of sp³-hybridized carbons (Fsp3) is 0.857. The number of halogens is 2. The van der Waals surface area contributed by atoms with E-state index in [1.807, 2.05) is 7.05 Å². The van der Waals surface area contributed by atoms with E-state index in [9.17, 15) is 8.78 Å². The average Bonchev–Trinajstić information content (AvgIpc) is 2.33. The number of hydrogen-bond acceptors (Lipinski definition) is 1. The fourth-order valence-corrected chi connectivity index (χ4v) is 3.27. The Hall–Kier alpha value is -0.440. The first-order chi connectivity index (χ1) is 8.12. The second-order valence-electron chi connectivity index (χ2n) is 5.48. The van der Waals surface area contributed by atoms with E-state index in [0.717, 1.165) is 12.8 Å². The lowest BCUT2D eigenvalue weighted by molar-refractivity contribution is -0.0481. The van der Waals surface area contributed by atoms with Crippen molar-refractivity contribution in [3.63, 3.8) is 0 Å². The molecule has 0 aromatic rings. The van der Waals surface area contributed by atoms with Gasteiger partial charge in [0.15, 0.2) is 0 Å². The predicted molar refractivity (Wildman–Crippen MR) is 66.3 cm³/mol. The first kappa shape index (κ1) is 13.0. The quantitative estimate of drug-likeness (QED) is 0.741. The Labute approximate surface area is 103 Å². The lowest BCUT2D eigenvalue weighted by atomic mass is 9.77. The van der Waals surface area contributed by atoms with Gasteiger partial charge < -0.3 is 5.32 Å². The van der Waals surface area contributed by atoms with Gasteiger partial charge in [-0.25, -0.2) is 8.78 Å². The van der Waals surface area contributed by atoms with Gasteiger partial charge >= 0.3 is 0 Å². The van der Waals surface area contributed by atoms with Gasteiger partial charge in [-0.05, 0) is 51.5 Å². The molecule has 0 amide bonds. The number of alkyl halides is 2. The maximum atomic E-state index is 13.2. The van der Waals surface area contributed by atoms with Gasteiger partial charge in [-0.3, -0.25) is 0 Å². The Morgan fingerprint density at radius 1 is 1.29 bits per heavy atom. The lowest BCUT2D eigenvalue weighted by Crippen LogP contribution is -2.39. The molecule has 1 atom stereocenters. The highest BCUT2D eigenvalue weighted by atomic mass is 19.3. The number of likely N-dealkylation sites (N-methyl/N-ethyl adjacent to an activating group) is 1. The molecule has 0 aromatic heterocycles. The highest BCUT2D eigenvalue weighted by Gasteiger charge is 2.38. The lowest BCUT2D eigenvalue weighted by Gasteiger charge is -2.35. The molecule has 2 aliphatic rings. The van der Waals surface area contributed by atoms with Crippen molar-refractivity contribution in [2.45, 2.75) is 63.3 Å². The minimum Gasteiger partial charge on any atom is -0.313 e. The standard InChI is InChI=1S/C14H23F2N/c1-17-13(11-5-3-2-4-6-11)12-7-9-14(15,16)10-8-12/h5,12-13,17H,2-4,6-10H2,1H3. The zero-order valence-corrected chi connectivity index (χ0v) is 10.6. The summed E-state index contributed by atoms with van der Waals surface area (Å²) in [6.45, 7) is 0. The average molecular weight is 243 g/mol. The van der Waals surface area contributed by atoms with Gasteiger partial charge in [0.25, 0.3) is 0 Å². The van der Waals surface area contributed by atoms with E-state index < -0.39 is 5.92 Å². The van der Waals surface area contributed by atoms with Gasteiger partial charge in [-0.1, -0.05) is 11.6 Å². The molecule has 0 aliphatic heterocycles. The fourth-order valence-electron chi connectivity index (χ4n) is 3.27. The van der Waals surface area contributed by atoms with E-state index in [2.05, 4.69) is 11.4 Å². The van der Waals surface area contributed by atoms with Crippen molar-refractivity contribution in [3.8, 4) is 0 Å². The van der Waals surface area contributed by atoms with Crippen LogP contribution in [0.3, 0.4) is 0 Å². The summed E-state index contributed by atoms with van der Waals surface area (Å²) in [4.78, 5) is 0. The van der Waals surface area contributed by atoms with Crippen molar-refractivity contribution < 1.29 is 8.78 Å². The third-order valence-electron chi connectivity index (χ3n) is 4.27. The first-order valence-corrected chi connectivity index (χ1v) is 6.86. The van der Waals surface area contributed by atoms with Crippen LogP contribution in [0.25, 0.3) is 0 Å². The molecule has 1 saturated carbocycles. The van der Waals surface area contributed by atoms with Crippen LogP contribution in [-0.4, -0.2) is 19.0 Å². The highest BCUT2D eigenvalue weighted by molar-refractivity contribution is 5.15. The van der Waals surface area contributed by atoms with Gasteiger partial charge in [-0.2, -0.15) is 0 Å². The molecule has 2 aliphatic carbocycles. The van der Waals surface area contributed by atoms with E-state index in [4.69, 9.17) is 0 Å². The molecule has 98 valence electrons. The SMILES string of the molecule is CNC(C1=CCCCC1)C1CCC(F)(F)CC1. The van der Waals surface area contributed by atoms with Crippen molar-refractivity contribution in [1.82, 2.24) is 5.32 Å². The van der Waals surface area contributed by atoms with Crippen molar-refractivity contribution in [1.29, 1.82) is 0 Å². The van der Waals surface area contributed by atoms with Gasteiger partial charge in [0.05, 0.1) is 0 Å². The van der Waals surface area contributed by atoms with E-state index in [-0.39, 0.29) is 12.8 Å². The number of nitrogens with one attached hydrogen (secondary N) is 1. The van der Waals surface area contributed by atoms with Crippen LogP contribution in [0.4, 0.5) is 8.78 Å².